The number of carboxylic acid groups (broad SMARTS) is 1. The second-order valence-electron chi connectivity index (χ2n) is 8.27. The van der Waals surface area contributed by atoms with Gasteiger partial charge in [0.05, 0.1) is 24.2 Å². The minimum atomic E-state index is -0.936. The molecule has 0 aliphatic rings. The second kappa shape index (κ2) is 9.79. The zero-order chi connectivity index (χ0) is 24.2. The van der Waals surface area contributed by atoms with Crippen LogP contribution in [0.5, 0.6) is 5.75 Å². The molecule has 5 nitrogen and oxygen atoms in total. The quantitative estimate of drug-likeness (QED) is 0.327. The summed E-state index contributed by atoms with van der Waals surface area (Å²) in [6, 6.07) is 25.8. The van der Waals surface area contributed by atoms with E-state index in [1.54, 1.807) is 7.11 Å². The largest absolute Gasteiger partial charge is 0.497 e. The number of methoxy groups -OCH3 is 1. The van der Waals surface area contributed by atoms with Crippen molar-refractivity contribution < 1.29 is 14.6 Å². The van der Waals surface area contributed by atoms with Crippen molar-refractivity contribution >= 4 is 11.5 Å². The SMILES string of the molecule is CCC(C(=O)O)=C(c1ccc(C)cc1)c1cc(-c2ccc(C)cc2)n(-c2ccc(OC)cc2)n1. The molecular weight excluding hydrogens is 424 g/mol. The highest BCUT2D eigenvalue weighted by Gasteiger charge is 2.21. The molecule has 172 valence electrons. The molecular formula is C29H28N2O3. The molecule has 4 rings (SSSR count). The van der Waals surface area contributed by atoms with E-state index in [1.807, 2.05) is 73.1 Å². The van der Waals surface area contributed by atoms with Crippen molar-refractivity contribution in [1.82, 2.24) is 9.78 Å². The van der Waals surface area contributed by atoms with Crippen LogP contribution in [0.25, 0.3) is 22.5 Å². The molecule has 1 aromatic heterocycles. The maximum atomic E-state index is 12.2. The number of nitrogens with zero attached hydrogens (tertiary/aromatic N) is 2. The van der Waals surface area contributed by atoms with Gasteiger partial charge in [-0.3, -0.25) is 0 Å². The first kappa shape index (κ1) is 23.1. The number of benzene rings is 3. The van der Waals surface area contributed by atoms with Crippen LogP contribution in [0.2, 0.25) is 0 Å². The van der Waals surface area contributed by atoms with Crippen LogP contribution in [-0.2, 0) is 4.79 Å². The van der Waals surface area contributed by atoms with Gasteiger partial charge >= 0.3 is 5.97 Å². The van der Waals surface area contributed by atoms with Gasteiger partial charge in [0.1, 0.15) is 5.75 Å². The van der Waals surface area contributed by atoms with Crippen LogP contribution in [-0.4, -0.2) is 28.0 Å². The number of aromatic nitrogens is 2. The molecule has 5 heteroatoms. The number of carboxylic acids is 1. The first-order valence-electron chi connectivity index (χ1n) is 11.3. The Morgan fingerprint density at radius 3 is 2.03 bits per heavy atom. The van der Waals surface area contributed by atoms with E-state index in [0.29, 0.717) is 23.3 Å². The second-order valence-corrected chi connectivity index (χ2v) is 8.27. The minimum absolute atomic E-state index is 0.332. The summed E-state index contributed by atoms with van der Waals surface area (Å²) in [5.74, 6) is -0.179. The van der Waals surface area contributed by atoms with E-state index in [1.165, 1.54) is 5.56 Å². The average Bonchev–Trinajstić information content (AvgIpc) is 3.28. The lowest BCUT2D eigenvalue weighted by Gasteiger charge is -2.11. The van der Waals surface area contributed by atoms with Crippen molar-refractivity contribution in [2.75, 3.05) is 7.11 Å². The number of aliphatic carboxylic acids is 1. The molecule has 0 aliphatic heterocycles. The Bertz CT molecular complexity index is 1330. The summed E-state index contributed by atoms with van der Waals surface area (Å²) in [5.41, 5.74) is 7.43. The molecule has 0 amide bonds. The summed E-state index contributed by atoms with van der Waals surface area (Å²) >= 11 is 0. The highest BCUT2D eigenvalue weighted by Crippen LogP contribution is 2.33. The molecule has 1 N–H and O–H groups in total. The van der Waals surface area contributed by atoms with E-state index < -0.39 is 5.97 Å². The summed E-state index contributed by atoms with van der Waals surface area (Å²) < 4.78 is 7.18. The summed E-state index contributed by atoms with van der Waals surface area (Å²) in [4.78, 5) is 12.2. The van der Waals surface area contributed by atoms with Gasteiger partial charge in [-0.15, -0.1) is 0 Å². The molecule has 0 saturated carbocycles. The van der Waals surface area contributed by atoms with Crippen molar-refractivity contribution in [3.05, 3.63) is 107 Å². The molecule has 0 atom stereocenters. The Hall–Kier alpha value is -4.12. The van der Waals surface area contributed by atoms with E-state index >= 15 is 0 Å². The summed E-state index contributed by atoms with van der Waals surface area (Å²) in [6.45, 7) is 5.92. The zero-order valence-corrected chi connectivity index (χ0v) is 19.9. The topological polar surface area (TPSA) is 64.3 Å². The molecule has 34 heavy (non-hydrogen) atoms. The van der Waals surface area contributed by atoms with Gasteiger partial charge in [0.15, 0.2) is 0 Å². The fourth-order valence-corrected chi connectivity index (χ4v) is 3.99. The van der Waals surface area contributed by atoms with Crippen molar-refractivity contribution in [2.45, 2.75) is 27.2 Å². The van der Waals surface area contributed by atoms with Crippen molar-refractivity contribution in [3.8, 4) is 22.7 Å². The average molecular weight is 453 g/mol. The molecule has 0 radical (unpaired) electrons. The van der Waals surface area contributed by atoms with Gasteiger partial charge in [0, 0.05) is 16.7 Å². The number of hydrogen-bond acceptors (Lipinski definition) is 3. The molecule has 1 heterocycles. The van der Waals surface area contributed by atoms with E-state index in [-0.39, 0.29) is 0 Å². The van der Waals surface area contributed by atoms with E-state index in [4.69, 9.17) is 9.84 Å². The third-order valence-corrected chi connectivity index (χ3v) is 5.88. The molecule has 0 spiro atoms. The van der Waals surface area contributed by atoms with Crippen LogP contribution < -0.4 is 4.74 Å². The monoisotopic (exact) mass is 452 g/mol. The number of rotatable bonds is 7. The predicted molar refractivity (Wildman–Crippen MR) is 135 cm³/mol. The van der Waals surface area contributed by atoms with Gasteiger partial charge in [-0.25, -0.2) is 9.48 Å². The summed E-state index contributed by atoms with van der Waals surface area (Å²) in [7, 11) is 1.63. The van der Waals surface area contributed by atoms with Gasteiger partial charge in [-0.2, -0.15) is 5.10 Å². The normalized spacial score (nSPS) is 11.8. The number of hydrogen-bond donors (Lipinski definition) is 1. The van der Waals surface area contributed by atoms with Gasteiger partial charge in [-0.1, -0.05) is 66.6 Å². The van der Waals surface area contributed by atoms with Gasteiger partial charge in [0.25, 0.3) is 0 Å². The number of aryl methyl sites for hydroxylation is 2. The lowest BCUT2D eigenvalue weighted by atomic mass is 9.94. The van der Waals surface area contributed by atoms with Crippen LogP contribution in [0, 0.1) is 13.8 Å². The van der Waals surface area contributed by atoms with Crippen LogP contribution >= 0.6 is 0 Å². The van der Waals surface area contributed by atoms with Crippen LogP contribution in [0.15, 0.2) is 84.4 Å². The highest BCUT2D eigenvalue weighted by atomic mass is 16.5. The van der Waals surface area contributed by atoms with Crippen LogP contribution in [0.1, 0.15) is 35.7 Å². The van der Waals surface area contributed by atoms with Gasteiger partial charge in [0.2, 0.25) is 0 Å². The molecule has 0 bridgehead atoms. The molecule has 3 aromatic carbocycles. The smallest absolute Gasteiger partial charge is 0.332 e. The third kappa shape index (κ3) is 4.64. The Morgan fingerprint density at radius 1 is 0.912 bits per heavy atom. The van der Waals surface area contributed by atoms with E-state index in [0.717, 1.165) is 33.8 Å². The van der Waals surface area contributed by atoms with Crippen LogP contribution in [0.4, 0.5) is 0 Å². The number of ether oxygens (including phenoxy) is 1. The Morgan fingerprint density at radius 2 is 1.50 bits per heavy atom. The van der Waals surface area contributed by atoms with Crippen LogP contribution in [0.3, 0.4) is 0 Å². The lowest BCUT2D eigenvalue weighted by molar-refractivity contribution is -0.132. The summed E-state index contributed by atoms with van der Waals surface area (Å²) in [6.07, 6.45) is 0.383. The fourth-order valence-electron chi connectivity index (χ4n) is 3.99. The highest BCUT2D eigenvalue weighted by molar-refractivity contribution is 6.00. The lowest BCUT2D eigenvalue weighted by Crippen LogP contribution is -2.06. The van der Waals surface area contributed by atoms with Crippen molar-refractivity contribution in [3.63, 3.8) is 0 Å². The molecule has 4 aromatic rings. The number of carbonyl (C=O) groups is 1. The molecule has 0 saturated heterocycles. The van der Waals surface area contributed by atoms with E-state index in [9.17, 15) is 9.90 Å². The first-order chi connectivity index (χ1) is 16.4. The first-order valence-corrected chi connectivity index (χ1v) is 11.3. The standard InChI is InChI=1S/C29H28N2O3/c1-5-25(29(32)33)28(22-12-8-20(3)9-13-22)26-18-27(21-10-6-19(2)7-11-21)31(30-26)23-14-16-24(34-4)17-15-23/h6-18H,5H2,1-4H3,(H,32,33). The Balaban J connectivity index is 1.98. The maximum absolute atomic E-state index is 12.2. The maximum Gasteiger partial charge on any atom is 0.332 e. The fraction of sp³-hybridized carbons (Fsp3) is 0.172. The van der Waals surface area contributed by atoms with Gasteiger partial charge < -0.3 is 9.84 Å². The minimum Gasteiger partial charge on any atom is -0.497 e. The van der Waals surface area contributed by atoms with E-state index in [2.05, 4.69) is 31.2 Å². The molecule has 0 aliphatic carbocycles. The third-order valence-electron chi connectivity index (χ3n) is 5.88. The van der Waals surface area contributed by atoms with Crippen molar-refractivity contribution in [1.29, 1.82) is 0 Å². The predicted octanol–water partition coefficient (Wildman–Crippen LogP) is 6.46. The molecule has 0 unspecified atom stereocenters. The Kier molecular flexibility index (Phi) is 6.64. The zero-order valence-electron chi connectivity index (χ0n) is 19.9. The summed E-state index contributed by atoms with van der Waals surface area (Å²) in [5, 5.41) is 15.0. The Labute approximate surface area is 200 Å². The molecule has 0 fully saturated rings. The van der Waals surface area contributed by atoms with Crippen molar-refractivity contribution in [2.24, 2.45) is 0 Å². The van der Waals surface area contributed by atoms with Gasteiger partial charge in [-0.05, 0) is 56.2 Å².